The maximum atomic E-state index is 11.6. The molecule has 0 aliphatic carbocycles. The summed E-state index contributed by atoms with van der Waals surface area (Å²) in [6.45, 7) is 5.49. The molecule has 5 nitrogen and oxygen atoms in total. The number of rotatable bonds is 5. The van der Waals surface area contributed by atoms with Crippen LogP contribution >= 0.6 is 0 Å². The second-order valence-corrected chi connectivity index (χ2v) is 6.73. The molecule has 1 saturated heterocycles. The van der Waals surface area contributed by atoms with E-state index in [2.05, 4.69) is 10.0 Å². The molecule has 1 aliphatic heterocycles. The SMILES string of the molecule is CCS(=O)(=O)NC(=O)CC(C)C1CCCNC1. The Morgan fingerprint density at radius 1 is 1.53 bits per heavy atom. The summed E-state index contributed by atoms with van der Waals surface area (Å²) in [6, 6.07) is 0. The van der Waals surface area contributed by atoms with Crippen molar-refractivity contribution < 1.29 is 13.2 Å². The highest BCUT2D eigenvalue weighted by atomic mass is 32.2. The molecule has 17 heavy (non-hydrogen) atoms. The molecule has 1 rings (SSSR count). The molecule has 2 N–H and O–H groups in total. The summed E-state index contributed by atoms with van der Waals surface area (Å²) in [4.78, 5) is 11.6. The van der Waals surface area contributed by atoms with Gasteiger partial charge in [-0.15, -0.1) is 0 Å². The summed E-state index contributed by atoms with van der Waals surface area (Å²) in [7, 11) is -3.41. The molecule has 0 saturated carbocycles. The molecule has 6 heteroatoms. The van der Waals surface area contributed by atoms with Crippen molar-refractivity contribution in [2.24, 2.45) is 11.8 Å². The Morgan fingerprint density at radius 3 is 2.76 bits per heavy atom. The lowest BCUT2D eigenvalue weighted by Gasteiger charge is -2.27. The summed E-state index contributed by atoms with van der Waals surface area (Å²) in [5.74, 6) is 0.247. The summed E-state index contributed by atoms with van der Waals surface area (Å²) in [6.07, 6.45) is 2.53. The number of carbonyl (C=O) groups excluding carboxylic acids is 1. The first-order valence-corrected chi connectivity index (χ1v) is 7.84. The van der Waals surface area contributed by atoms with Crippen LogP contribution in [0.2, 0.25) is 0 Å². The fourth-order valence-electron chi connectivity index (χ4n) is 2.11. The first-order valence-electron chi connectivity index (χ1n) is 6.18. The molecule has 2 atom stereocenters. The van der Waals surface area contributed by atoms with E-state index in [1.807, 2.05) is 6.92 Å². The van der Waals surface area contributed by atoms with Crippen LogP contribution in [0.25, 0.3) is 0 Å². The highest BCUT2D eigenvalue weighted by molar-refractivity contribution is 7.90. The zero-order chi connectivity index (χ0) is 12.9. The van der Waals surface area contributed by atoms with Crippen molar-refractivity contribution in [3.8, 4) is 0 Å². The third-order valence-corrected chi connectivity index (χ3v) is 4.60. The average molecular weight is 262 g/mol. The first-order chi connectivity index (χ1) is 7.94. The zero-order valence-corrected chi connectivity index (χ0v) is 11.3. The summed E-state index contributed by atoms with van der Waals surface area (Å²) < 4.78 is 24.5. The minimum Gasteiger partial charge on any atom is -0.316 e. The predicted molar refractivity (Wildman–Crippen MR) is 67.0 cm³/mol. The van der Waals surface area contributed by atoms with Crippen molar-refractivity contribution in [3.63, 3.8) is 0 Å². The smallest absolute Gasteiger partial charge is 0.234 e. The molecular formula is C11H22N2O3S. The van der Waals surface area contributed by atoms with E-state index in [4.69, 9.17) is 0 Å². The van der Waals surface area contributed by atoms with Gasteiger partial charge in [0.25, 0.3) is 0 Å². The number of sulfonamides is 1. The predicted octanol–water partition coefficient (Wildman–Crippen LogP) is 0.478. The number of nitrogens with one attached hydrogen (secondary N) is 2. The molecule has 1 aliphatic rings. The molecule has 0 aromatic rings. The van der Waals surface area contributed by atoms with Crippen molar-refractivity contribution in [1.29, 1.82) is 0 Å². The molecule has 100 valence electrons. The number of amides is 1. The molecule has 1 fully saturated rings. The Bertz CT molecular complexity index is 348. The van der Waals surface area contributed by atoms with Crippen molar-refractivity contribution in [3.05, 3.63) is 0 Å². The second-order valence-electron chi connectivity index (χ2n) is 4.72. The summed E-state index contributed by atoms with van der Waals surface area (Å²) >= 11 is 0. The Morgan fingerprint density at radius 2 is 2.24 bits per heavy atom. The molecule has 0 bridgehead atoms. The molecule has 0 radical (unpaired) electrons. The van der Waals surface area contributed by atoms with Gasteiger partial charge in [-0.25, -0.2) is 8.42 Å². The van der Waals surface area contributed by atoms with Crippen molar-refractivity contribution >= 4 is 15.9 Å². The fraction of sp³-hybridized carbons (Fsp3) is 0.909. The van der Waals surface area contributed by atoms with Gasteiger partial charge in [0, 0.05) is 6.42 Å². The van der Waals surface area contributed by atoms with Crippen LogP contribution in [0, 0.1) is 11.8 Å². The Hall–Kier alpha value is -0.620. The number of carbonyl (C=O) groups is 1. The molecular weight excluding hydrogens is 240 g/mol. The lowest BCUT2D eigenvalue weighted by atomic mass is 9.85. The van der Waals surface area contributed by atoms with Gasteiger partial charge < -0.3 is 5.32 Å². The first kappa shape index (κ1) is 14.4. The third kappa shape index (κ3) is 5.04. The van der Waals surface area contributed by atoms with Gasteiger partial charge in [0.15, 0.2) is 0 Å². The molecule has 0 aromatic heterocycles. The largest absolute Gasteiger partial charge is 0.316 e. The second kappa shape index (κ2) is 6.35. The summed E-state index contributed by atoms with van der Waals surface area (Å²) in [5.41, 5.74) is 0. The van der Waals surface area contributed by atoms with Gasteiger partial charge in [0.05, 0.1) is 5.75 Å². The topological polar surface area (TPSA) is 75.3 Å². The third-order valence-electron chi connectivity index (χ3n) is 3.30. The van der Waals surface area contributed by atoms with Crippen LogP contribution in [0.5, 0.6) is 0 Å². The van der Waals surface area contributed by atoms with Crippen molar-refractivity contribution in [2.45, 2.75) is 33.1 Å². The molecule has 1 amide bonds. The van der Waals surface area contributed by atoms with Crippen molar-refractivity contribution in [2.75, 3.05) is 18.8 Å². The van der Waals surface area contributed by atoms with Crippen LogP contribution < -0.4 is 10.0 Å². The lowest BCUT2D eigenvalue weighted by molar-refractivity contribution is -0.120. The number of hydrogen-bond donors (Lipinski definition) is 2. The molecule has 2 unspecified atom stereocenters. The Balaban J connectivity index is 2.39. The van der Waals surface area contributed by atoms with Gasteiger partial charge in [-0.3, -0.25) is 9.52 Å². The number of piperidine rings is 1. The van der Waals surface area contributed by atoms with E-state index in [9.17, 15) is 13.2 Å². The Labute approximate surface area is 103 Å². The zero-order valence-electron chi connectivity index (χ0n) is 10.5. The Kier molecular flexibility index (Phi) is 5.39. The van der Waals surface area contributed by atoms with E-state index >= 15 is 0 Å². The molecule has 0 aromatic carbocycles. The van der Waals surface area contributed by atoms with Crippen LogP contribution in [0.4, 0.5) is 0 Å². The van der Waals surface area contributed by atoms with Crippen LogP contribution in [-0.2, 0) is 14.8 Å². The van der Waals surface area contributed by atoms with E-state index in [1.54, 1.807) is 0 Å². The van der Waals surface area contributed by atoms with Crippen LogP contribution in [-0.4, -0.2) is 33.2 Å². The van der Waals surface area contributed by atoms with Gasteiger partial charge in [0.1, 0.15) is 0 Å². The highest BCUT2D eigenvalue weighted by Crippen LogP contribution is 2.22. The quantitative estimate of drug-likeness (QED) is 0.755. The normalized spacial score (nSPS) is 23.1. The van der Waals surface area contributed by atoms with E-state index in [-0.39, 0.29) is 24.0 Å². The van der Waals surface area contributed by atoms with Crippen molar-refractivity contribution in [1.82, 2.24) is 10.0 Å². The van der Waals surface area contributed by atoms with Crippen LogP contribution in [0.3, 0.4) is 0 Å². The maximum absolute atomic E-state index is 11.6. The van der Waals surface area contributed by atoms with E-state index in [0.29, 0.717) is 5.92 Å². The van der Waals surface area contributed by atoms with Gasteiger partial charge in [-0.2, -0.15) is 0 Å². The van der Waals surface area contributed by atoms with Gasteiger partial charge in [0.2, 0.25) is 15.9 Å². The van der Waals surface area contributed by atoms with Gasteiger partial charge >= 0.3 is 0 Å². The van der Waals surface area contributed by atoms with Crippen LogP contribution in [0.1, 0.15) is 33.1 Å². The highest BCUT2D eigenvalue weighted by Gasteiger charge is 2.23. The summed E-state index contributed by atoms with van der Waals surface area (Å²) in [5, 5.41) is 3.30. The van der Waals surface area contributed by atoms with E-state index in [0.717, 1.165) is 25.9 Å². The minimum absolute atomic E-state index is 0.0574. The van der Waals surface area contributed by atoms with E-state index < -0.39 is 10.0 Å². The van der Waals surface area contributed by atoms with Gasteiger partial charge in [-0.05, 0) is 44.7 Å². The standard InChI is InChI=1S/C11H22N2O3S/c1-3-17(15,16)13-11(14)7-9(2)10-5-4-6-12-8-10/h9-10,12H,3-8H2,1-2H3,(H,13,14). The van der Waals surface area contributed by atoms with Crippen LogP contribution in [0.15, 0.2) is 0 Å². The minimum atomic E-state index is -3.41. The monoisotopic (exact) mass is 262 g/mol. The van der Waals surface area contributed by atoms with Gasteiger partial charge in [-0.1, -0.05) is 6.92 Å². The fourth-order valence-corrected chi connectivity index (χ4v) is 2.69. The maximum Gasteiger partial charge on any atom is 0.234 e. The number of hydrogen-bond acceptors (Lipinski definition) is 4. The van der Waals surface area contributed by atoms with E-state index in [1.165, 1.54) is 6.92 Å². The average Bonchev–Trinajstić information content (AvgIpc) is 2.29. The molecule has 1 heterocycles. The lowest BCUT2D eigenvalue weighted by Crippen LogP contribution is -2.37. The molecule has 0 spiro atoms.